The summed E-state index contributed by atoms with van der Waals surface area (Å²) in [7, 11) is -2.29. The van der Waals surface area contributed by atoms with Crippen LogP contribution in [-0.2, 0) is 10.0 Å². The molecule has 0 spiro atoms. The van der Waals surface area contributed by atoms with Crippen LogP contribution in [0.3, 0.4) is 0 Å². The first-order chi connectivity index (χ1) is 10.9. The Kier molecular flexibility index (Phi) is 5.00. The van der Waals surface area contributed by atoms with Crippen molar-refractivity contribution in [1.29, 1.82) is 0 Å². The summed E-state index contributed by atoms with van der Waals surface area (Å²) in [5, 5.41) is 2.47. The lowest BCUT2D eigenvalue weighted by molar-refractivity contribution is 0.0963. The summed E-state index contributed by atoms with van der Waals surface area (Å²) in [6.45, 7) is 1.89. The van der Waals surface area contributed by atoms with Gasteiger partial charge in [0.1, 0.15) is 5.82 Å². The van der Waals surface area contributed by atoms with E-state index < -0.39 is 15.8 Å². The predicted molar refractivity (Wildman–Crippen MR) is 86.4 cm³/mol. The van der Waals surface area contributed by atoms with Gasteiger partial charge in [-0.05, 0) is 55.5 Å². The van der Waals surface area contributed by atoms with E-state index >= 15 is 0 Å². The van der Waals surface area contributed by atoms with Gasteiger partial charge in [0.05, 0.1) is 10.6 Å². The fourth-order valence-electron chi connectivity index (χ4n) is 2.15. The minimum absolute atomic E-state index is 0.0660. The molecule has 2 rings (SSSR count). The highest BCUT2D eigenvalue weighted by Gasteiger charge is 2.23. The van der Waals surface area contributed by atoms with Crippen LogP contribution < -0.4 is 9.62 Å². The Balaban J connectivity index is 2.39. The summed E-state index contributed by atoms with van der Waals surface area (Å²) in [6.07, 6.45) is 0. The topological polar surface area (TPSA) is 66.5 Å². The number of carbonyl (C=O) groups excluding carboxylic acids is 1. The first-order valence-electron chi connectivity index (χ1n) is 7.00. The minimum Gasteiger partial charge on any atom is -0.355 e. The molecule has 1 N–H and O–H groups in total. The van der Waals surface area contributed by atoms with Crippen molar-refractivity contribution in [3.8, 4) is 0 Å². The van der Waals surface area contributed by atoms with Gasteiger partial charge >= 0.3 is 0 Å². The van der Waals surface area contributed by atoms with Crippen LogP contribution in [0.5, 0.6) is 0 Å². The minimum atomic E-state index is -3.79. The third kappa shape index (κ3) is 3.50. The quantitative estimate of drug-likeness (QED) is 0.912. The van der Waals surface area contributed by atoms with Crippen molar-refractivity contribution in [3.05, 3.63) is 59.9 Å². The van der Waals surface area contributed by atoms with Crippen molar-refractivity contribution < 1.29 is 17.6 Å². The van der Waals surface area contributed by atoms with Crippen LogP contribution in [0.25, 0.3) is 0 Å². The molecule has 0 heterocycles. The Bertz CT molecular complexity index is 787. The molecule has 0 saturated heterocycles. The second-order valence-corrected chi connectivity index (χ2v) is 6.61. The SMILES string of the molecule is CCN(c1ccc(F)cc1)S(=O)(=O)c1ccc(C(=O)NC)cc1. The smallest absolute Gasteiger partial charge is 0.264 e. The maximum atomic E-state index is 13.0. The monoisotopic (exact) mass is 336 g/mol. The van der Waals surface area contributed by atoms with Crippen LogP contribution in [-0.4, -0.2) is 27.9 Å². The standard InChI is InChI=1S/C16H17FN2O3S/c1-3-19(14-8-6-13(17)7-9-14)23(21,22)15-10-4-12(5-11-15)16(20)18-2/h4-11H,3H2,1-2H3,(H,18,20). The Morgan fingerprint density at radius 3 is 2.13 bits per heavy atom. The van der Waals surface area contributed by atoms with E-state index in [1.54, 1.807) is 6.92 Å². The summed E-state index contributed by atoms with van der Waals surface area (Å²) in [6, 6.07) is 10.9. The zero-order valence-corrected chi connectivity index (χ0v) is 13.6. The highest BCUT2D eigenvalue weighted by Crippen LogP contribution is 2.24. The maximum Gasteiger partial charge on any atom is 0.264 e. The second kappa shape index (κ2) is 6.78. The molecule has 7 heteroatoms. The molecule has 2 aromatic rings. The zero-order valence-electron chi connectivity index (χ0n) is 12.8. The predicted octanol–water partition coefficient (Wildman–Crippen LogP) is 2.40. The van der Waals surface area contributed by atoms with E-state index in [9.17, 15) is 17.6 Å². The van der Waals surface area contributed by atoms with Crippen LogP contribution in [0.15, 0.2) is 53.4 Å². The largest absolute Gasteiger partial charge is 0.355 e. The summed E-state index contributed by atoms with van der Waals surface area (Å²) in [5.74, 6) is -0.725. The number of sulfonamides is 1. The molecule has 1 amide bonds. The molecule has 0 aliphatic heterocycles. The van der Waals surface area contributed by atoms with Crippen molar-refractivity contribution in [1.82, 2.24) is 5.32 Å². The number of anilines is 1. The van der Waals surface area contributed by atoms with Crippen LogP contribution in [0, 0.1) is 5.82 Å². The van der Waals surface area contributed by atoms with Gasteiger partial charge in [-0.2, -0.15) is 0 Å². The number of hydrogen-bond donors (Lipinski definition) is 1. The number of nitrogens with one attached hydrogen (secondary N) is 1. The summed E-state index contributed by atoms with van der Waals surface area (Å²) < 4.78 is 39.7. The molecule has 122 valence electrons. The summed E-state index contributed by atoms with van der Waals surface area (Å²) in [5.41, 5.74) is 0.751. The van der Waals surface area contributed by atoms with Crippen LogP contribution in [0.1, 0.15) is 17.3 Å². The average molecular weight is 336 g/mol. The lowest BCUT2D eigenvalue weighted by Crippen LogP contribution is -2.30. The van der Waals surface area contributed by atoms with Gasteiger partial charge in [-0.1, -0.05) is 0 Å². The molecular formula is C16H17FN2O3S. The Morgan fingerprint density at radius 2 is 1.65 bits per heavy atom. The second-order valence-electron chi connectivity index (χ2n) is 4.75. The maximum absolute atomic E-state index is 13.0. The molecule has 0 fully saturated rings. The third-order valence-corrected chi connectivity index (χ3v) is 5.25. The molecule has 0 aliphatic carbocycles. The molecule has 0 radical (unpaired) electrons. The highest BCUT2D eigenvalue weighted by molar-refractivity contribution is 7.92. The number of hydrogen-bond acceptors (Lipinski definition) is 3. The number of halogens is 1. The average Bonchev–Trinajstić information content (AvgIpc) is 2.56. The molecule has 5 nitrogen and oxygen atoms in total. The van der Waals surface area contributed by atoms with Gasteiger partial charge in [-0.3, -0.25) is 9.10 Å². The fraction of sp³-hybridized carbons (Fsp3) is 0.188. The first kappa shape index (κ1) is 17.0. The van der Waals surface area contributed by atoms with Crippen LogP contribution in [0.2, 0.25) is 0 Å². The van der Waals surface area contributed by atoms with E-state index in [4.69, 9.17) is 0 Å². The van der Waals surface area contributed by atoms with E-state index in [0.29, 0.717) is 11.3 Å². The van der Waals surface area contributed by atoms with E-state index in [2.05, 4.69) is 5.32 Å². The van der Waals surface area contributed by atoms with Gasteiger partial charge in [0.25, 0.3) is 15.9 Å². The molecule has 23 heavy (non-hydrogen) atoms. The highest BCUT2D eigenvalue weighted by atomic mass is 32.2. The van der Waals surface area contributed by atoms with Gasteiger partial charge in [-0.15, -0.1) is 0 Å². The number of benzene rings is 2. The Labute approximate surface area is 134 Å². The lowest BCUT2D eigenvalue weighted by Gasteiger charge is -2.23. The van der Waals surface area contributed by atoms with Crippen molar-refractivity contribution in [3.63, 3.8) is 0 Å². The fourth-order valence-corrected chi connectivity index (χ4v) is 3.62. The van der Waals surface area contributed by atoms with Gasteiger partial charge in [0.15, 0.2) is 0 Å². The van der Waals surface area contributed by atoms with Gasteiger partial charge < -0.3 is 5.32 Å². The normalized spacial score (nSPS) is 11.1. The van der Waals surface area contributed by atoms with Gasteiger partial charge in [-0.25, -0.2) is 12.8 Å². The third-order valence-electron chi connectivity index (χ3n) is 3.33. The zero-order chi connectivity index (χ0) is 17.0. The molecule has 0 saturated carbocycles. The number of carbonyl (C=O) groups is 1. The van der Waals surface area contributed by atoms with Gasteiger partial charge in [0.2, 0.25) is 0 Å². The Morgan fingerprint density at radius 1 is 1.09 bits per heavy atom. The number of nitrogens with zero attached hydrogens (tertiary/aromatic N) is 1. The molecule has 0 bridgehead atoms. The summed E-state index contributed by atoms with van der Waals surface area (Å²) >= 11 is 0. The van der Waals surface area contributed by atoms with Crippen molar-refractivity contribution in [2.75, 3.05) is 17.9 Å². The van der Waals surface area contributed by atoms with Crippen molar-refractivity contribution >= 4 is 21.6 Å². The van der Waals surface area contributed by atoms with E-state index in [1.807, 2.05) is 0 Å². The van der Waals surface area contributed by atoms with E-state index in [1.165, 1.54) is 59.9 Å². The first-order valence-corrected chi connectivity index (χ1v) is 8.44. The molecule has 0 unspecified atom stereocenters. The van der Waals surface area contributed by atoms with E-state index in [-0.39, 0.29) is 17.3 Å². The Hall–Kier alpha value is -2.41. The molecule has 2 aromatic carbocycles. The number of rotatable bonds is 5. The molecule has 0 atom stereocenters. The molecule has 0 aliphatic rings. The molecule has 0 aromatic heterocycles. The van der Waals surface area contributed by atoms with Gasteiger partial charge in [0, 0.05) is 19.2 Å². The number of amides is 1. The van der Waals surface area contributed by atoms with Crippen molar-refractivity contribution in [2.24, 2.45) is 0 Å². The lowest BCUT2D eigenvalue weighted by atomic mass is 10.2. The van der Waals surface area contributed by atoms with Crippen LogP contribution >= 0.6 is 0 Å². The van der Waals surface area contributed by atoms with E-state index in [0.717, 1.165) is 0 Å². The summed E-state index contributed by atoms with van der Waals surface area (Å²) in [4.78, 5) is 11.6. The van der Waals surface area contributed by atoms with Crippen molar-refractivity contribution in [2.45, 2.75) is 11.8 Å². The van der Waals surface area contributed by atoms with Crippen LogP contribution in [0.4, 0.5) is 10.1 Å². The molecular weight excluding hydrogens is 319 g/mol.